The number of pyridine rings is 1. The molecule has 0 aliphatic carbocycles. The van der Waals surface area contributed by atoms with Crippen molar-refractivity contribution in [1.82, 2.24) is 4.98 Å². The molecule has 1 aromatic carbocycles. The summed E-state index contributed by atoms with van der Waals surface area (Å²) in [4.78, 5) is 4.20. The van der Waals surface area contributed by atoms with E-state index in [1.807, 2.05) is 31.2 Å². The zero-order valence-electron chi connectivity index (χ0n) is 9.49. The number of aromatic nitrogens is 1. The molecule has 0 atom stereocenters. The van der Waals surface area contributed by atoms with Crippen molar-refractivity contribution in [2.75, 3.05) is 0 Å². The van der Waals surface area contributed by atoms with Gasteiger partial charge >= 0.3 is 0 Å². The van der Waals surface area contributed by atoms with Gasteiger partial charge in [0.15, 0.2) is 0 Å². The monoisotopic (exact) mass is 207 g/mol. The van der Waals surface area contributed by atoms with Crippen molar-refractivity contribution in [3.8, 4) is 11.8 Å². The Kier molecular flexibility index (Phi) is 3.03. The Morgan fingerprint density at radius 3 is 2.06 bits per heavy atom. The van der Waals surface area contributed by atoms with Crippen molar-refractivity contribution in [2.45, 2.75) is 13.8 Å². The molecular weight excluding hydrogens is 194 g/mol. The summed E-state index contributed by atoms with van der Waals surface area (Å²) in [6, 6.07) is 12.2. The number of aryl methyl sites for hydroxylation is 2. The van der Waals surface area contributed by atoms with Gasteiger partial charge in [-0.05, 0) is 38.1 Å². The summed E-state index contributed by atoms with van der Waals surface area (Å²) >= 11 is 0. The Labute approximate surface area is 96.2 Å². The van der Waals surface area contributed by atoms with Gasteiger partial charge in [-0.25, -0.2) is 0 Å². The van der Waals surface area contributed by atoms with Crippen LogP contribution in [0.4, 0.5) is 0 Å². The van der Waals surface area contributed by atoms with E-state index >= 15 is 0 Å². The third-order valence-electron chi connectivity index (χ3n) is 2.31. The molecule has 1 heteroatoms. The summed E-state index contributed by atoms with van der Waals surface area (Å²) in [7, 11) is 0. The van der Waals surface area contributed by atoms with Crippen molar-refractivity contribution < 1.29 is 0 Å². The molecule has 0 saturated carbocycles. The van der Waals surface area contributed by atoms with Crippen LogP contribution in [0.1, 0.15) is 22.4 Å². The highest BCUT2D eigenvalue weighted by Gasteiger charge is 1.88. The summed E-state index contributed by atoms with van der Waals surface area (Å²) < 4.78 is 0. The Morgan fingerprint density at radius 1 is 0.812 bits per heavy atom. The number of nitrogens with zero attached hydrogens (tertiary/aromatic N) is 1. The van der Waals surface area contributed by atoms with Crippen LogP contribution in [0.3, 0.4) is 0 Å². The number of benzene rings is 1. The maximum absolute atomic E-state index is 4.20. The summed E-state index contributed by atoms with van der Waals surface area (Å²) in [6.45, 7) is 4.04. The van der Waals surface area contributed by atoms with E-state index in [0.717, 1.165) is 16.8 Å². The average Bonchev–Trinajstić information content (AvgIpc) is 2.30. The van der Waals surface area contributed by atoms with Crippen LogP contribution in [-0.4, -0.2) is 4.98 Å². The third kappa shape index (κ3) is 2.71. The van der Waals surface area contributed by atoms with Gasteiger partial charge in [0, 0.05) is 23.0 Å². The molecule has 0 N–H and O–H groups in total. The van der Waals surface area contributed by atoms with Crippen LogP contribution in [0.5, 0.6) is 0 Å². The van der Waals surface area contributed by atoms with Gasteiger partial charge in [-0.15, -0.1) is 0 Å². The molecule has 2 rings (SSSR count). The molecule has 1 aromatic heterocycles. The van der Waals surface area contributed by atoms with E-state index in [2.05, 4.69) is 35.9 Å². The summed E-state index contributed by atoms with van der Waals surface area (Å²) in [6.07, 6.45) is 1.80. The average molecular weight is 207 g/mol. The molecule has 0 aliphatic rings. The van der Waals surface area contributed by atoms with Crippen molar-refractivity contribution in [3.05, 3.63) is 65.0 Å². The smallest absolute Gasteiger partial charge is 0.0432 e. The van der Waals surface area contributed by atoms with E-state index in [4.69, 9.17) is 0 Å². The summed E-state index contributed by atoms with van der Waals surface area (Å²) in [5, 5.41) is 0. The quantitative estimate of drug-likeness (QED) is 0.605. The molecule has 0 unspecified atom stereocenters. The largest absolute Gasteiger partial charge is 0.260 e. The van der Waals surface area contributed by atoms with Crippen LogP contribution in [0.25, 0.3) is 0 Å². The van der Waals surface area contributed by atoms with Gasteiger partial charge in [-0.3, -0.25) is 4.98 Å². The first-order chi connectivity index (χ1) is 7.74. The second-order valence-electron chi connectivity index (χ2n) is 3.80. The van der Waals surface area contributed by atoms with Gasteiger partial charge < -0.3 is 0 Å². The lowest BCUT2D eigenvalue weighted by molar-refractivity contribution is 1.19. The highest BCUT2D eigenvalue weighted by atomic mass is 14.6. The van der Waals surface area contributed by atoms with E-state index < -0.39 is 0 Å². The predicted molar refractivity (Wildman–Crippen MR) is 66.1 cm³/mol. The fraction of sp³-hybridized carbons (Fsp3) is 0.133. The van der Waals surface area contributed by atoms with Crippen molar-refractivity contribution >= 4 is 0 Å². The molecule has 16 heavy (non-hydrogen) atoms. The SMILES string of the molecule is Cc1ccc(C#Cc2ccc(C)nc2)cc1. The van der Waals surface area contributed by atoms with Gasteiger partial charge in [-0.1, -0.05) is 29.5 Å². The van der Waals surface area contributed by atoms with E-state index in [9.17, 15) is 0 Å². The van der Waals surface area contributed by atoms with E-state index in [1.54, 1.807) is 6.20 Å². The molecule has 0 amide bonds. The lowest BCUT2D eigenvalue weighted by Gasteiger charge is -1.92. The first-order valence-electron chi connectivity index (χ1n) is 5.25. The molecule has 0 spiro atoms. The number of hydrogen-bond acceptors (Lipinski definition) is 1. The minimum absolute atomic E-state index is 0.950. The van der Waals surface area contributed by atoms with Gasteiger partial charge in [0.05, 0.1) is 0 Å². The first-order valence-corrected chi connectivity index (χ1v) is 5.25. The molecule has 0 radical (unpaired) electrons. The molecule has 0 bridgehead atoms. The maximum atomic E-state index is 4.20. The van der Waals surface area contributed by atoms with Gasteiger partial charge in [0.2, 0.25) is 0 Å². The normalized spacial score (nSPS) is 9.38. The van der Waals surface area contributed by atoms with Gasteiger partial charge in [0.25, 0.3) is 0 Å². The maximum Gasteiger partial charge on any atom is 0.0432 e. The Balaban J connectivity index is 2.21. The topological polar surface area (TPSA) is 12.9 Å². The van der Waals surface area contributed by atoms with Gasteiger partial charge in [0.1, 0.15) is 0 Å². The molecule has 0 fully saturated rings. The predicted octanol–water partition coefficient (Wildman–Crippen LogP) is 3.10. The Morgan fingerprint density at radius 2 is 1.44 bits per heavy atom. The van der Waals surface area contributed by atoms with Crippen LogP contribution in [0.2, 0.25) is 0 Å². The van der Waals surface area contributed by atoms with Crippen LogP contribution < -0.4 is 0 Å². The standard InChI is InChI=1S/C15H13N/c1-12-3-6-14(7-4-12)9-10-15-8-5-13(2)16-11-15/h3-8,11H,1-2H3. The molecular formula is C15H13N. The number of rotatable bonds is 0. The highest BCUT2D eigenvalue weighted by molar-refractivity contribution is 5.42. The van der Waals surface area contributed by atoms with Crippen LogP contribution in [-0.2, 0) is 0 Å². The summed E-state index contributed by atoms with van der Waals surface area (Å²) in [5.74, 6) is 6.21. The minimum atomic E-state index is 0.950. The van der Waals surface area contributed by atoms with E-state index in [-0.39, 0.29) is 0 Å². The van der Waals surface area contributed by atoms with E-state index in [1.165, 1.54) is 5.56 Å². The zero-order chi connectivity index (χ0) is 11.4. The lowest BCUT2D eigenvalue weighted by atomic mass is 10.1. The van der Waals surface area contributed by atoms with Crippen LogP contribution >= 0.6 is 0 Å². The van der Waals surface area contributed by atoms with Crippen molar-refractivity contribution in [1.29, 1.82) is 0 Å². The van der Waals surface area contributed by atoms with Crippen LogP contribution in [0.15, 0.2) is 42.6 Å². The van der Waals surface area contributed by atoms with E-state index in [0.29, 0.717) is 0 Å². The second-order valence-corrected chi connectivity index (χ2v) is 3.80. The molecule has 2 aromatic rings. The molecule has 1 heterocycles. The third-order valence-corrected chi connectivity index (χ3v) is 2.31. The lowest BCUT2D eigenvalue weighted by Crippen LogP contribution is -1.81. The molecule has 0 saturated heterocycles. The number of hydrogen-bond donors (Lipinski definition) is 0. The van der Waals surface area contributed by atoms with Gasteiger partial charge in [-0.2, -0.15) is 0 Å². The Hall–Kier alpha value is -2.07. The summed E-state index contributed by atoms with van der Waals surface area (Å²) in [5.41, 5.74) is 4.25. The van der Waals surface area contributed by atoms with Crippen LogP contribution in [0, 0.1) is 25.7 Å². The van der Waals surface area contributed by atoms with Crippen molar-refractivity contribution in [3.63, 3.8) is 0 Å². The highest BCUT2D eigenvalue weighted by Crippen LogP contribution is 2.02. The fourth-order valence-electron chi connectivity index (χ4n) is 1.32. The second kappa shape index (κ2) is 4.63. The van der Waals surface area contributed by atoms with Crippen molar-refractivity contribution in [2.24, 2.45) is 0 Å². The Bertz CT molecular complexity index is 475. The first kappa shape index (κ1) is 10.4. The minimum Gasteiger partial charge on any atom is -0.260 e. The molecule has 78 valence electrons. The molecule has 1 nitrogen and oxygen atoms in total. The zero-order valence-corrected chi connectivity index (χ0v) is 9.49. The fourth-order valence-corrected chi connectivity index (χ4v) is 1.32. The molecule has 0 aliphatic heterocycles.